The van der Waals surface area contributed by atoms with E-state index >= 15 is 0 Å². The molecule has 1 N–H and O–H groups in total. The van der Waals surface area contributed by atoms with Gasteiger partial charge in [-0.2, -0.15) is 5.10 Å². The normalized spacial score (nSPS) is 18.2. The van der Waals surface area contributed by atoms with Crippen LogP contribution in [0.1, 0.15) is 22.0 Å². The number of carbonyl (C=O) groups excluding carboxylic acids is 1. The summed E-state index contributed by atoms with van der Waals surface area (Å²) in [6.45, 7) is 0.645. The SMILES string of the molecule is O=C(C1=NNCC1c1ccccc1)c1ccco1. The molecule has 3 rings (SSSR count). The van der Waals surface area contributed by atoms with E-state index in [0.29, 0.717) is 18.0 Å². The van der Waals surface area contributed by atoms with Gasteiger partial charge in [-0.3, -0.25) is 4.79 Å². The summed E-state index contributed by atoms with van der Waals surface area (Å²) in [5.74, 6) is 0.168. The first-order chi connectivity index (χ1) is 8.86. The quantitative estimate of drug-likeness (QED) is 0.837. The fraction of sp³-hybridized carbons (Fsp3) is 0.143. The van der Waals surface area contributed by atoms with E-state index in [-0.39, 0.29) is 11.7 Å². The zero-order chi connectivity index (χ0) is 12.4. The van der Waals surface area contributed by atoms with E-state index in [1.807, 2.05) is 30.3 Å². The summed E-state index contributed by atoms with van der Waals surface area (Å²) >= 11 is 0. The Bertz CT molecular complexity index is 573. The molecule has 4 nitrogen and oxygen atoms in total. The molecule has 1 aromatic heterocycles. The smallest absolute Gasteiger partial charge is 0.244 e. The summed E-state index contributed by atoms with van der Waals surface area (Å²) in [6.07, 6.45) is 1.49. The molecule has 0 fully saturated rings. The van der Waals surface area contributed by atoms with Gasteiger partial charge in [0.1, 0.15) is 5.71 Å². The van der Waals surface area contributed by atoms with E-state index in [1.54, 1.807) is 12.1 Å². The predicted octanol–water partition coefficient (Wildman–Crippen LogP) is 2.21. The van der Waals surface area contributed by atoms with Gasteiger partial charge >= 0.3 is 0 Å². The molecule has 2 heterocycles. The molecule has 1 aliphatic heterocycles. The number of carbonyl (C=O) groups is 1. The number of ketones is 1. The largest absolute Gasteiger partial charge is 0.461 e. The van der Waals surface area contributed by atoms with Crippen LogP contribution < -0.4 is 5.43 Å². The van der Waals surface area contributed by atoms with E-state index in [4.69, 9.17) is 4.42 Å². The van der Waals surface area contributed by atoms with Gasteiger partial charge in [-0.1, -0.05) is 30.3 Å². The maximum absolute atomic E-state index is 12.2. The maximum atomic E-state index is 12.2. The molecule has 0 bridgehead atoms. The van der Waals surface area contributed by atoms with Crippen molar-refractivity contribution in [3.63, 3.8) is 0 Å². The second-order valence-electron chi connectivity index (χ2n) is 4.13. The third-order valence-corrected chi connectivity index (χ3v) is 3.00. The number of hydrogen-bond donors (Lipinski definition) is 1. The average Bonchev–Trinajstić information content (AvgIpc) is 3.10. The molecule has 0 saturated carbocycles. The molecule has 1 aromatic carbocycles. The van der Waals surface area contributed by atoms with Crippen LogP contribution in [0.15, 0.2) is 58.2 Å². The minimum atomic E-state index is -0.154. The highest BCUT2D eigenvalue weighted by Crippen LogP contribution is 2.22. The van der Waals surface area contributed by atoms with Crippen molar-refractivity contribution in [1.82, 2.24) is 5.43 Å². The molecule has 0 aliphatic carbocycles. The van der Waals surface area contributed by atoms with Crippen LogP contribution in [-0.4, -0.2) is 18.0 Å². The number of nitrogens with one attached hydrogen (secondary N) is 1. The molecule has 0 radical (unpaired) electrons. The number of furan rings is 1. The first kappa shape index (κ1) is 10.8. The van der Waals surface area contributed by atoms with Gasteiger partial charge in [0.2, 0.25) is 5.78 Å². The summed E-state index contributed by atoms with van der Waals surface area (Å²) in [4.78, 5) is 12.2. The average molecular weight is 240 g/mol. The summed E-state index contributed by atoms with van der Waals surface area (Å²) in [7, 11) is 0. The predicted molar refractivity (Wildman–Crippen MR) is 67.7 cm³/mol. The Morgan fingerprint density at radius 3 is 2.78 bits per heavy atom. The number of hydrogen-bond acceptors (Lipinski definition) is 4. The second kappa shape index (κ2) is 4.49. The van der Waals surface area contributed by atoms with E-state index < -0.39 is 0 Å². The van der Waals surface area contributed by atoms with Crippen LogP contribution in [0.3, 0.4) is 0 Å². The number of rotatable bonds is 3. The molecular formula is C14H12N2O2. The van der Waals surface area contributed by atoms with Crippen LogP contribution in [0.5, 0.6) is 0 Å². The number of hydrazone groups is 1. The standard InChI is InChI=1S/C14H12N2O2/c17-14(12-7-4-8-18-12)13-11(9-15-16-13)10-5-2-1-3-6-10/h1-8,11,15H,9H2. The molecule has 0 amide bonds. The fourth-order valence-corrected chi connectivity index (χ4v) is 2.10. The van der Waals surface area contributed by atoms with Gasteiger partial charge < -0.3 is 9.84 Å². The summed E-state index contributed by atoms with van der Waals surface area (Å²) < 4.78 is 5.13. The van der Waals surface area contributed by atoms with Crippen LogP contribution in [0, 0.1) is 0 Å². The van der Waals surface area contributed by atoms with Crippen LogP contribution in [-0.2, 0) is 0 Å². The molecule has 4 heteroatoms. The van der Waals surface area contributed by atoms with Crippen molar-refractivity contribution in [2.24, 2.45) is 5.10 Å². The van der Waals surface area contributed by atoms with E-state index in [9.17, 15) is 4.79 Å². The zero-order valence-corrected chi connectivity index (χ0v) is 9.67. The lowest BCUT2D eigenvalue weighted by molar-refractivity contribution is 0.103. The van der Waals surface area contributed by atoms with Gasteiger partial charge in [0.15, 0.2) is 5.76 Å². The van der Waals surface area contributed by atoms with E-state index in [1.165, 1.54) is 6.26 Å². The van der Waals surface area contributed by atoms with Gasteiger partial charge in [-0.25, -0.2) is 0 Å². The first-order valence-electron chi connectivity index (χ1n) is 5.80. The fourth-order valence-electron chi connectivity index (χ4n) is 2.10. The third kappa shape index (κ3) is 1.82. The Labute approximate surface area is 104 Å². The van der Waals surface area contributed by atoms with E-state index in [2.05, 4.69) is 10.5 Å². The molecule has 18 heavy (non-hydrogen) atoms. The molecule has 1 unspecified atom stereocenters. The van der Waals surface area contributed by atoms with Gasteiger partial charge in [0.25, 0.3) is 0 Å². The number of Topliss-reactive ketones (excluding diaryl/α,β-unsaturated/α-hetero) is 1. The molecule has 0 saturated heterocycles. The van der Waals surface area contributed by atoms with Crippen molar-refractivity contribution < 1.29 is 9.21 Å². The number of benzene rings is 1. The van der Waals surface area contributed by atoms with Crippen molar-refractivity contribution >= 4 is 11.5 Å². The Balaban J connectivity index is 1.91. The van der Waals surface area contributed by atoms with Gasteiger partial charge in [-0.05, 0) is 17.7 Å². The molecule has 90 valence electrons. The highest BCUT2D eigenvalue weighted by atomic mass is 16.3. The lowest BCUT2D eigenvalue weighted by Crippen LogP contribution is -2.21. The molecule has 2 aromatic rings. The minimum absolute atomic E-state index is 0.0104. The third-order valence-electron chi connectivity index (χ3n) is 3.00. The van der Waals surface area contributed by atoms with Crippen LogP contribution in [0.2, 0.25) is 0 Å². The van der Waals surface area contributed by atoms with Crippen molar-refractivity contribution in [3.05, 3.63) is 60.1 Å². The summed E-state index contributed by atoms with van der Waals surface area (Å²) in [5.41, 5.74) is 4.48. The monoisotopic (exact) mass is 240 g/mol. The topological polar surface area (TPSA) is 54.6 Å². The highest BCUT2D eigenvalue weighted by molar-refractivity contribution is 6.47. The Morgan fingerprint density at radius 1 is 1.22 bits per heavy atom. The maximum Gasteiger partial charge on any atom is 0.244 e. The Kier molecular flexibility index (Phi) is 2.68. The molecule has 1 aliphatic rings. The number of nitrogens with zero attached hydrogens (tertiary/aromatic N) is 1. The van der Waals surface area contributed by atoms with Gasteiger partial charge in [0.05, 0.1) is 12.2 Å². The van der Waals surface area contributed by atoms with Crippen molar-refractivity contribution in [3.8, 4) is 0 Å². The second-order valence-corrected chi connectivity index (χ2v) is 4.13. The summed E-state index contributed by atoms with van der Waals surface area (Å²) in [5, 5.41) is 4.11. The van der Waals surface area contributed by atoms with Crippen molar-refractivity contribution in [2.45, 2.75) is 5.92 Å². The van der Waals surface area contributed by atoms with Crippen molar-refractivity contribution in [1.29, 1.82) is 0 Å². The van der Waals surface area contributed by atoms with Crippen LogP contribution >= 0.6 is 0 Å². The van der Waals surface area contributed by atoms with Gasteiger partial charge in [-0.15, -0.1) is 0 Å². The van der Waals surface area contributed by atoms with Crippen LogP contribution in [0.4, 0.5) is 0 Å². The molecular weight excluding hydrogens is 228 g/mol. The lowest BCUT2D eigenvalue weighted by atomic mass is 9.92. The molecule has 1 atom stereocenters. The van der Waals surface area contributed by atoms with Crippen LogP contribution in [0.25, 0.3) is 0 Å². The van der Waals surface area contributed by atoms with E-state index in [0.717, 1.165) is 5.56 Å². The van der Waals surface area contributed by atoms with Gasteiger partial charge in [0, 0.05) is 6.54 Å². The summed E-state index contributed by atoms with van der Waals surface area (Å²) in [6, 6.07) is 13.2. The zero-order valence-electron chi connectivity index (χ0n) is 9.67. The lowest BCUT2D eigenvalue weighted by Gasteiger charge is -2.10. The minimum Gasteiger partial charge on any atom is -0.461 e. The van der Waals surface area contributed by atoms with Crippen molar-refractivity contribution in [2.75, 3.05) is 6.54 Å². The first-order valence-corrected chi connectivity index (χ1v) is 5.80. The highest BCUT2D eigenvalue weighted by Gasteiger charge is 2.30. The Morgan fingerprint density at radius 2 is 2.06 bits per heavy atom. The molecule has 0 spiro atoms. The Hall–Kier alpha value is -2.36.